The number of nitrogens with zero attached hydrogens (tertiary/aromatic N) is 1. The van der Waals surface area contributed by atoms with Crippen molar-refractivity contribution in [3.05, 3.63) is 26.7 Å². The lowest BCUT2D eigenvalue weighted by Crippen LogP contribution is -1.77. The van der Waals surface area contributed by atoms with Gasteiger partial charge in [0.15, 0.2) is 11.3 Å². The zero-order valence-electron chi connectivity index (χ0n) is 6.98. The first-order valence-corrected chi connectivity index (χ1v) is 5.52. The molecule has 0 aliphatic rings. The molecule has 0 amide bonds. The van der Waals surface area contributed by atoms with Crippen LogP contribution >= 0.6 is 22.7 Å². The van der Waals surface area contributed by atoms with Crippen molar-refractivity contribution < 1.29 is 4.79 Å². The highest BCUT2D eigenvalue weighted by Gasteiger charge is 2.04. The Bertz CT molecular complexity index is 430. The number of hydrogen-bond acceptors (Lipinski definition) is 4. The predicted molar refractivity (Wildman–Crippen MR) is 55.6 cm³/mol. The Morgan fingerprint density at radius 2 is 2.23 bits per heavy atom. The number of aromatic nitrogens is 1. The van der Waals surface area contributed by atoms with Gasteiger partial charge in [0.2, 0.25) is 0 Å². The summed E-state index contributed by atoms with van der Waals surface area (Å²) in [5, 5.41) is 4.50. The van der Waals surface area contributed by atoms with Crippen LogP contribution in [0.25, 0.3) is 11.3 Å². The minimum Gasteiger partial charge on any atom is -0.295 e. The molecule has 0 fully saturated rings. The van der Waals surface area contributed by atoms with Gasteiger partial charge in [0.05, 0.1) is 5.69 Å². The highest BCUT2D eigenvalue weighted by Crippen LogP contribution is 2.25. The quantitative estimate of drug-likeness (QED) is 0.712. The van der Waals surface area contributed by atoms with Crippen LogP contribution in [0.3, 0.4) is 0 Å². The van der Waals surface area contributed by atoms with Gasteiger partial charge < -0.3 is 0 Å². The summed E-state index contributed by atoms with van der Waals surface area (Å²) in [4.78, 5) is 15.8. The van der Waals surface area contributed by atoms with E-state index in [0.29, 0.717) is 5.01 Å². The predicted octanol–water partition coefficient (Wildman–Crippen LogP) is 2.99. The standard InChI is InChI=1S/C9H7NOS2/c1-6-2-7(4-12-6)8-5-13-9(3-11)10-8/h2-5H,1H3. The van der Waals surface area contributed by atoms with Gasteiger partial charge in [-0.25, -0.2) is 4.98 Å². The molecule has 0 radical (unpaired) electrons. The summed E-state index contributed by atoms with van der Waals surface area (Å²) in [6.07, 6.45) is 0.785. The number of thiazole rings is 1. The average Bonchev–Trinajstić information content (AvgIpc) is 2.71. The SMILES string of the molecule is Cc1cc(-c2csc(C=O)n2)cs1. The van der Waals surface area contributed by atoms with E-state index >= 15 is 0 Å². The molecule has 13 heavy (non-hydrogen) atoms. The molecule has 2 aromatic rings. The molecule has 4 heteroatoms. The second-order valence-electron chi connectivity index (χ2n) is 2.63. The van der Waals surface area contributed by atoms with Gasteiger partial charge in [-0.05, 0) is 13.0 Å². The Balaban J connectivity index is 2.40. The van der Waals surface area contributed by atoms with Crippen LogP contribution < -0.4 is 0 Å². The van der Waals surface area contributed by atoms with Crippen molar-refractivity contribution in [2.75, 3.05) is 0 Å². The molecule has 0 N–H and O–H groups in total. The van der Waals surface area contributed by atoms with Crippen molar-refractivity contribution >= 4 is 29.0 Å². The monoisotopic (exact) mass is 209 g/mol. The van der Waals surface area contributed by atoms with Gasteiger partial charge in [-0.2, -0.15) is 0 Å². The summed E-state index contributed by atoms with van der Waals surface area (Å²) >= 11 is 3.07. The van der Waals surface area contributed by atoms with E-state index in [1.54, 1.807) is 11.3 Å². The van der Waals surface area contributed by atoms with E-state index in [2.05, 4.69) is 23.4 Å². The smallest absolute Gasteiger partial charge is 0.178 e. The summed E-state index contributed by atoms with van der Waals surface area (Å²) in [5.74, 6) is 0. The van der Waals surface area contributed by atoms with Crippen molar-refractivity contribution in [1.29, 1.82) is 0 Å². The van der Waals surface area contributed by atoms with Crippen molar-refractivity contribution in [2.45, 2.75) is 6.92 Å². The van der Waals surface area contributed by atoms with Crippen LogP contribution in [-0.2, 0) is 0 Å². The van der Waals surface area contributed by atoms with Gasteiger partial charge in [-0.1, -0.05) is 0 Å². The lowest BCUT2D eigenvalue weighted by molar-refractivity contribution is 0.112. The topological polar surface area (TPSA) is 30.0 Å². The first-order valence-electron chi connectivity index (χ1n) is 3.76. The van der Waals surface area contributed by atoms with Crippen molar-refractivity contribution in [3.63, 3.8) is 0 Å². The molecule has 0 atom stereocenters. The third-order valence-electron chi connectivity index (χ3n) is 1.65. The zero-order valence-corrected chi connectivity index (χ0v) is 8.61. The van der Waals surface area contributed by atoms with E-state index in [1.807, 2.05) is 5.38 Å². The number of aryl methyl sites for hydroxylation is 1. The normalized spacial score (nSPS) is 10.2. The molecule has 66 valence electrons. The Hall–Kier alpha value is -1.00. The Morgan fingerprint density at radius 1 is 1.38 bits per heavy atom. The molecule has 2 aromatic heterocycles. The fraction of sp³-hybridized carbons (Fsp3) is 0.111. The molecule has 2 heterocycles. The maximum Gasteiger partial charge on any atom is 0.178 e. The fourth-order valence-electron chi connectivity index (χ4n) is 1.05. The van der Waals surface area contributed by atoms with Gasteiger partial charge in [-0.15, -0.1) is 22.7 Å². The lowest BCUT2D eigenvalue weighted by Gasteiger charge is -1.85. The number of carbonyl (C=O) groups is 1. The molecule has 2 rings (SSSR count). The Labute approximate surface area is 83.9 Å². The van der Waals surface area contributed by atoms with Gasteiger partial charge in [0.1, 0.15) is 0 Å². The molecule has 0 aliphatic heterocycles. The van der Waals surface area contributed by atoms with Gasteiger partial charge in [0.25, 0.3) is 0 Å². The largest absolute Gasteiger partial charge is 0.295 e. The summed E-state index contributed by atoms with van der Waals surface area (Å²) in [6, 6.07) is 2.08. The molecule has 2 nitrogen and oxygen atoms in total. The summed E-state index contributed by atoms with van der Waals surface area (Å²) < 4.78 is 0. The second-order valence-corrected chi connectivity index (χ2v) is 4.64. The molecular formula is C9H7NOS2. The van der Waals surface area contributed by atoms with Crippen LogP contribution in [0, 0.1) is 6.92 Å². The van der Waals surface area contributed by atoms with Crippen molar-refractivity contribution in [1.82, 2.24) is 4.98 Å². The lowest BCUT2D eigenvalue weighted by atomic mass is 10.2. The molecule has 0 bridgehead atoms. The maximum atomic E-state index is 10.4. The van der Waals surface area contributed by atoms with E-state index in [9.17, 15) is 4.79 Å². The van der Waals surface area contributed by atoms with E-state index in [4.69, 9.17) is 0 Å². The Kier molecular flexibility index (Phi) is 2.24. The van der Waals surface area contributed by atoms with E-state index in [1.165, 1.54) is 16.2 Å². The van der Waals surface area contributed by atoms with Crippen LogP contribution in [-0.4, -0.2) is 11.3 Å². The van der Waals surface area contributed by atoms with Crippen LogP contribution in [0.2, 0.25) is 0 Å². The summed E-state index contributed by atoms with van der Waals surface area (Å²) in [6.45, 7) is 2.06. The highest BCUT2D eigenvalue weighted by atomic mass is 32.1. The molecule has 0 aliphatic carbocycles. The summed E-state index contributed by atoms with van der Waals surface area (Å²) in [5.41, 5.74) is 2.00. The van der Waals surface area contributed by atoms with E-state index in [-0.39, 0.29) is 0 Å². The zero-order chi connectivity index (χ0) is 9.26. The van der Waals surface area contributed by atoms with Gasteiger partial charge in [0, 0.05) is 21.2 Å². The van der Waals surface area contributed by atoms with Crippen molar-refractivity contribution in [3.8, 4) is 11.3 Å². The third-order valence-corrected chi connectivity index (χ3v) is 3.28. The number of rotatable bonds is 2. The van der Waals surface area contributed by atoms with Crippen molar-refractivity contribution in [2.24, 2.45) is 0 Å². The average molecular weight is 209 g/mol. The summed E-state index contributed by atoms with van der Waals surface area (Å²) in [7, 11) is 0. The fourth-order valence-corrected chi connectivity index (χ4v) is 2.38. The number of carbonyl (C=O) groups excluding carboxylic acids is 1. The van der Waals surface area contributed by atoms with Crippen LogP contribution in [0.15, 0.2) is 16.8 Å². The number of aldehydes is 1. The van der Waals surface area contributed by atoms with Crippen LogP contribution in [0.1, 0.15) is 14.7 Å². The molecule has 0 aromatic carbocycles. The van der Waals surface area contributed by atoms with Gasteiger partial charge in [-0.3, -0.25) is 4.79 Å². The second kappa shape index (κ2) is 3.40. The minimum absolute atomic E-state index is 0.541. The third kappa shape index (κ3) is 1.68. The van der Waals surface area contributed by atoms with Crippen LogP contribution in [0.4, 0.5) is 0 Å². The van der Waals surface area contributed by atoms with E-state index < -0.39 is 0 Å². The van der Waals surface area contributed by atoms with Gasteiger partial charge >= 0.3 is 0 Å². The number of thiophene rings is 1. The molecule has 0 unspecified atom stereocenters. The molecular weight excluding hydrogens is 202 g/mol. The Morgan fingerprint density at radius 3 is 2.77 bits per heavy atom. The first kappa shape index (κ1) is 8.59. The van der Waals surface area contributed by atoms with Crippen LogP contribution in [0.5, 0.6) is 0 Å². The highest BCUT2D eigenvalue weighted by molar-refractivity contribution is 7.12. The van der Waals surface area contributed by atoms with E-state index in [0.717, 1.165) is 17.5 Å². The molecule has 0 spiro atoms. The number of hydrogen-bond donors (Lipinski definition) is 0. The molecule has 0 saturated carbocycles. The molecule has 0 saturated heterocycles. The minimum atomic E-state index is 0.541. The first-order chi connectivity index (χ1) is 6.29. The maximum absolute atomic E-state index is 10.4.